The third-order valence-electron chi connectivity index (χ3n) is 3.71. The Hall–Kier alpha value is -0.430. The number of likely N-dealkylation sites (N-methyl/N-ethyl adjacent to an activating group) is 1. The smallest absolute Gasteiger partial charge is 0.243 e. The molecule has 0 amide bonds. The summed E-state index contributed by atoms with van der Waals surface area (Å²) in [5, 5.41) is 0. The second-order valence-corrected chi connectivity index (χ2v) is 8.18. The van der Waals surface area contributed by atoms with E-state index in [1.165, 1.54) is 17.1 Å². The lowest BCUT2D eigenvalue weighted by Crippen LogP contribution is -2.35. The summed E-state index contributed by atoms with van der Waals surface area (Å²) in [5.74, 6) is 0. The summed E-state index contributed by atoms with van der Waals surface area (Å²) in [6.45, 7) is 5.45. The van der Waals surface area contributed by atoms with Crippen LogP contribution < -0.4 is 0 Å². The van der Waals surface area contributed by atoms with Gasteiger partial charge in [0.2, 0.25) is 10.0 Å². The molecule has 1 aliphatic heterocycles. The van der Waals surface area contributed by atoms with Crippen LogP contribution >= 0.6 is 15.9 Å². The molecule has 0 aliphatic carbocycles. The van der Waals surface area contributed by atoms with Crippen LogP contribution in [0, 0.1) is 6.92 Å². The zero-order valence-electron chi connectivity index (χ0n) is 12.0. The summed E-state index contributed by atoms with van der Waals surface area (Å²) in [4.78, 5) is 2.66. The maximum Gasteiger partial charge on any atom is 0.243 e. The van der Waals surface area contributed by atoms with Crippen LogP contribution in [0.3, 0.4) is 0 Å². The van der Waals surface area contributed by atoms with Gasteiger partial charge in [-0.2, -0.15) is 4.31 Å². The fraction of sp³-hybridized carbons (Fsp3) is 0.571. The molecular weight excluding hydrogens is 340 g/mol. The molecule has 1 saturated heterocycles. The van der Waals surface area contributed by atoms with Crippen molar-refractivity contribution >= 4 is 26.0 Å². The summed E-state index contributed by atoms with van der Waals surface area (Å²) in [7, 11) is -1.77. The Labute approximate surface area is 129 Å². The van der Waals surface area contributed by atoms with Gasteiger partial charge in [-0.05, 0) is 66.5 Å². The predicted molar refractivity (Wildman–Crippen MR) is 84.4 cm³/mol. The van der Waals surface area contributed by atoms with Crippen molar-refractivity contribution in [3.63, 3.8) is 0 Å². The van der Waals surface area contributed by atoms with E-state index in [0.29, 0.717) is 15.9 Å². The SMILES string of the molecule is Cc1ccc(S(=O)(=O)N(C)CCN2CCCC2)c(Br)c1. The van der Waals surface area contributed by atoms with Crippen molar-refractivity contribution < 1.29 is 8.42 Å². The molecule has 1 heterocycles. The van der Waals surface area contributed by atoms with Crippen molar-refractivity contribution in [2.45, 2.75) is 24.7 Å². The molecule has 6 heteroatoms. The molecule has 0 saturated carbocycles. The van der Waals surface area contributed by atoms with Crippen molar-refractivity contribution in [1.29, 1.82) is 0 Å². The Morgan fingerprint density at radius 3 is 2.55 bits per heavy atom. The Kier molecular flexibility index (Phi) is 5.23. The molecule has 0 aromatic heterocycles. The Morgan fingerprint density at radius 1 is 1.30 bits per heavy atom. The molecule has 1 fully saturated rings. The number of benzene rings is 1. The fourth-order valence-electron chi connectivity index (χ4n) is 2.39. The molecule has 112 valence electrons. The van der Waals surface area contributed by atoms with E-state index in [4.69, 9.17) is 0 Å². The highest BCUT2D eigenvalue weighted by Crippen LogP contribution is 2.25. The molecular formula is C14H21BrN2O2S. The number of hydrogen-bond donors (Lipinski definition) is 0. The minimum absolute atomic E-state index is 0.340. The first-order chi connectivity index (χ1) is 9.41. The predicted octanol–water partition coefficient (Wildman–Crippen LogP) is 2.47. The lowest BCUT2D eigenvalue weighted by atomic mass is 10.2. The van der Waals surface area contributed by atoms with Crippen LogP contribution in [-0.2, 0) is 10.0 Å². The minimum Gasteiger partial charge on any atom is -0.302 e. The largest absolute Gasteiger partial charge is 0.302 e. The molecule has 4 nitrogen and oxygen atoms in total. The van der Waals surface area contributed by atoms with Crippen molar-refractivity contribution in [2.24, 2.45) is 0 Å². The van der Waals surface area contributed by atoms with Gasteiger partial charge in [0.15, 0.2) is 0 Å². The number of likely N-dealkylation sites (tertiary alicyclic amines) is 1. The first kappa shape index (κ1) is 15.9. The molecule has 0 spiro atoms. The molecule has 1 aromatic carbocycles. The summed E-state index contributed by atoms with van der Waals surface area (Å²) in [5.41, 5.74) is 1.04. The fourth-order valence-corrected chi connectivity index (χ4v) is 4.70. The summed E-state index contributed by atoms with van der Waals surface area (Å²) in [6.07, 6.45) is 2.44. The van der Waals surface area contributed by atoms with Crippen LogP contribution in [0.1, 0.15) is 18.4 Å². The Bertz CT molecular complexity index is 569. The molecule has 0 unspecified atom stereocenters. The molecule has 0 radical (unpaired) electrons. The number of hydrogen-bond acceptors (Lipinski definition) is 3. The normalized spacial score (nSPS) is 17.0. The van der Waals surface area contributed by atoms with Crippen molar-refractivity contribution in [3.05, 3.63) is 28.2 Å². The summed E-state index contributed by atoms with van der Waals surface area (Å²) < 4.78 is 27.2. The van der Waals surface area contributed by atoms with E-state index >= 15 is 0 Å². The van der Waals surface area contributed by atoms with Gasteiger partial charge >= 0.3 is 0 Å². The first-order valence-electron chi connectivity index (χ1n) is 6.86. The van der Waals surface area contributed by atoms with Gasteiger partial charge < -0.3 is 4.90 Å². The molecule has 20 heavy (non-hydrogen) atoms. The van der Waals surface area contributed by atoms with Crippen LogP contribution in [0.5, 0.6) is 0 Å². The van der Waals surface area contributed by atoms with Crippen LogP contribution in [0.25, 0.3) is 0 Å². The van der Waals surface area contributed by atoms with Crippen molar-refractivity contribution in [2.75, 3.05) is 33.2 Å². The van der Waals surface area contributed by atoms with Crippen molar-refractivity contribution in [1.82, 2.24) is 9.21 Å². The number of aryl methyl sites for hydroxylation is 1. The minimum atomic E-state index is -3.42. The Morgan fingerprint density at radius 2 is 1.95 bits per heavy atom. The van der Waals surface area contributed by atoms with E-state index < -0.39 is 10.0 Å². The van der Waals surface area contributed by atoms with E-state index in [2.05, 4.69) is 20.8 Å². The highest BCUT2D eigenvalue weighted by atomic mass is 79.9. The van der Waals surface area contributed by atoms with E-state index in [1.54, 1.807) is 13.1 Å². The molecule has 0 atom stereocenters. The molecule has 1 aromatic rings. The highest BCUT2D eigenvalue weighted by molar-refractivity contribution is 9.10. The van der Waals surface area contributed by atoms with E-state index in [9.17, 15) is 8.42 Å². The monoisotopic (exact) mass is 360 g/mol. The lowest BCUT2D eigenvalue weighted by molar-refractivity contribution is 0.310. The van der Waals surface area contributed by atoms with E-state index in [-0.39, 0.29) is 0 Å². The van der Waals surface area contributed by atoms with Gasteiger partial charge in [-0.1, -0.05) is 6.07 Å². The van der Waals surface area contributed by atoms with Gasteiger partial charge in [0.1, 0.15) is 0 Å². The zero-order valence-corrected chi connectivity index (χ0v) is 14.4. The summed E-state index contributed by atoms with van der Waals surface area (Å²) in [6, 6.07) is 5.33. The number of rotatable bonds is 5. The molecule has 0 N–H and O–H groups in total. The van der Waals surface area contributed by atoms with Gasteiger partial charge in [0.05, 0.1) is 4.90 Å². The van der Waals surface area contributed by atoms with Gasteiger partial charge in [0, 0.05) is 24.6 Å². The highest BCUT2D eigenvalue weighted by Gasteiger charge is 2.24. The van der Waals surface area contributed by atoms with Crippen LogP contribution in [-0.4, -0.2) is 50.8 Å². The van der Waals surface area contributed by atoms with Crippen LogP contribution in [0.2, 0.25) is 0 Å². The molecule has 1 aliphatic rings. The van der Waals surface area contributed by atoms with E-state index in [0.717, 1.165) is 25.2 Å². The van der Waals surface area contributed by atoms with Crippen molar-refractivity contribution in [3.8, 4) is 0 Å². The maximum atomic E-state index is 12.5. The standard InChI is InChI=1S/C14H21BrN2O2S/c1-12-5-6-14(13(15)11-12)20(18,19)16(2)9-10-17-7-3-4-8-17/h5-6,11H,3-4,7-10H2,1-2H3. The van der Waals surface area contributed by atoms with Gasteiger partial charge in [-0.3, -0.25) is 0 Å². The van der Waals surface area contributed by atoms with E-state index in [1.807, 2.05) is 19.1 Å². The number of nitrogens with zero attached hydrogens (tertiary/aromatic N) is 2. The topological polar surface area (TPSA) is 40.6 Å². The second kappa shape index (κ2) is 6.56. The molecule has 0 bridgehead atoms. The summed E-state index contributed by atoms with van der Waals surface area (Å²) >= 11 is 3.35. The van der Waals surface area contributed by atoms with Crippen LogP contribution in [0.4, 0.5) is 0 Å². The number of sulfonamides is 1. The Balaban J connectivity index is 2.08. The van der Waals surface area contributed by atoms with Gasteiger partial charge in [-0.25, -0.2) is 8.42 Å². The van der Waals surface area contributed by atoms with Gasteiger partial charge in [0.25, 0.3) is 0 Å². The second-order valence-electron chi connectivity index (χ2n) is 5.31. The average Bonchev–Trinajstić information content (AvgIpc) is 2.88. The maximum absolute atomic E-state index is 12.5. The third-order valence-corrected chi connectivity index (χ3v) is 6.54. The van der Waals surface area contributed by atoms with Gasteiger partial charge in [-0.15, -0.1) is 0 Å². The van der Waals surface area contributed by atoms with Crippen LogP contribution in [0.15, 0.2) is 27.6 Å². The lowest BCUT2D eigenvalue weighted by Gasteiger charge is -2.21. The number of halogens is 1. The third kappa shape index (κ3) is 3.61. The first-order valence-corrected chi connectivity index (χ1v) is 9.09. The average molecular weight is 361 g/mol. The zero-order chi connectivity index (χ0) is 14.8. The quantitative estimate of drug-likeness (QED) is 0.809. The molecule has 2 rings (SSSR count).